The molecule has 0 saturated carbocycles. The second-order valence-corrected chi connectivity index (χ2v) is 7.08. The first-order valence-electron chi connectivity index (χ1n) is 8.47. The highest BCUT2D eigenvalue weighted by atomic mass is 79.9. The van der Waals surface area contributed by atoms with Crippen LogP contribution in [-0.2, 0) is 9.59 Å². The molecule has 0 radical (unpaired) electrons. The van der Waals surface area contributed by atoms with Crippen molar-refractivity contribution in [3.8, 4) is 0 Å². The Bertz CT molecular complexity index is 974. The van der Waals surface area contributed by atoms with Crippen LogP contribution in [0, 0.1) is 0 Å². The minimum absolute atomic E-state index is 0.243. The van der Waals surface area contributed by atoms with E-state index in [9.17, 15) is 9.59 Å². The van der Waals surface area contributed by atoms with Crippen molar-refractivity contribution in [1.29, 1.82) is 0 Å². The Labute approximate surface area is 186 Å². The molecule has 8 nitrogen and oxygen atoms in total. The minimum Gasteiger partial charge on any atom is -0.369 e. The molecule has 30 heavy (non-hydrogen) atoms. The first-order valence-corrected chi connectivity index (χ1v) is 9.65. The molecule has 154 valence electrons. The van der Waals surface area contributed by atoms with Crippen molar-refractivity contribution < 1.29 is 9.59 Å². The second kappa shape index (κ2) is 11.5. The zero-order valence-electron chi connectivity index (χ0n) is 15.5. The van der Waals surface area contributed by atoms with E-state index in [1.54, 1.807) is 36.4 Å². The number of rotatable bonds is 5. The van der Waals surface area contributed by atoms with Crippen molar-refractivity contribution in [1.82, 2.24) is 10.6 Å². The molecule has 0 aliphatic heterocycles. The monoisotopic (exact) mass is 488 g/mol. The maximum atomic E-state index is 12.2. The fraction of sp³-hybridized carbons (Fsp3) is 0. The largest absolute Gasteiger partial charge is 0.369 e. The topological polar surface area (TPSA) is 135 Å². The summed E-state index contributed by atoms with van der Waals surface area (Å²) >= 11 is 9.26. The van der Waals surface area contributed by atoms with E-state index in [-0.39, 0.29) is 11.9 Å². The van der Waals surface area contributed by atoms with Crippen molar-refractivity contribution in [3.05, 3.63) is 81.3 Å². The molecule has 0 fully saturated rings. The predicted molar refractivity (Wildman–Crippen MR) is 123 cm³/mol. The maximum absolute atomic E-state index is 12.2. The van der Waals surface area contributed by atoms with Crippen LogP contribution in [0.2, 0.25) is 5.02 Å². The molecule has 10 heteroatoms. The number of benzene rings is 2. The average Bonchev–Trinajstić information content (AvgIpc) is 2.69. The van der Waals surface area contributed by atoms with Gasteiger partial charge in [-0.25, -0.2) is 0 Å². The highest BCUT2D eigenvalue weighted by Crippen LogP contribution is 2.13. The van der Waals surface area contributed by atoms with Gasteiger partial charge in [0.1, 0.15) is 0 Å². The van der Waals surface area contributed by atoms with E-state index in [0.29, 0.717) is 5.02 Å². The van der Waals surface area contributed by atoms with Crippen LogP contribution < -0.4 is 22.1 Å². The lowest BCUT2D eigenvalue weighted by atomic mass is 10.2. The molecule has 2 amide bonds. The number of hydrogen-bond acceptors (Lipinski definition) is 4. The third-order valence-electron chi connectivity index (χ3n) is 3.30. The standard InChI is InChI=1S/C20H18BrClN6O2/c21-15-5-1-3-13(11-15)7-9-17(29)25-20(28-27-19(23)24)26-18(30)10-8-14-4-2-6-16(22)12-14/h1-12H,(H4,23,24,27)(H2,25,26,28,29,30). The van der Waals surface area contributed by atoms with Gasteiger partial charge in [0.15, 0.2) is 0 Å². The van der Waals surface area contributed by atoms with E-state index >= 15 is 0 Å². The van der Waals surface area contributed by atoms with E-state index in [0.717, 1.165) is 15.6 Å². The molecular formula is C20H18BrClN6O2. The molecule has 0 aliphatic rings. The molecule has 0 unspecified atom stereocenters. The number of nitrogens with two attached hydrogens (primary N) is 2. The van der Waals surface area contributed by atoms with Gasteiger partial charge < -0.3 is 11.5 Å². The zero-order valence-corrected chi connectivity index (χ0v) is 17.9. The summed E-state index contributed by atoms with van der Waals surface area (Å²) in [6, 6.07) is 14.3. The first-order chi connectivity index (χ1) is 14.3. The van der Waals surface area contributed by atoms with Crippen LogP contribution >= 0.6 is 27.5 Å². The molecule has 2 aromatic carbocycles. The summed E-state index contributed by atoms with van der Waals surface area (Å²) in [5.74, 6) is -1.68. The zero-order chi connectivity index (χ0) is 21.9. The van der Waals surface area contributed by atoms with Crippen LogP contribution in [0.15, 0.2) is 75.4 Å². The smallest absolute Gasteiger partial charge is 0.250 e. The summed E-state index contributed by atoms with van der Waals surface area (Å²) in [7, 11) is 0. The molecule has 2 rings (SSSR count). The SMILES string of the molecule is NC(N)=NN=C(NC(=O)C=Cc1cccc(Cl)c1)NC(=O)C=Cc1cccc(Br)c1. The molecule has 6 N–H and O–H groups in total. The Morgan fingerprint density at radius 1 is 0.900 bits per heavy atom. The molecule has 0 aromatic heterocycles. The number of guanidine groups is 2. The predicted octanol–water partition coefficient (Wildman–Crippen LogP) is 2.61. The summed E-state index contributed by atoms with van der Waals surface area (Å²) < 4.78 is 0.874. The highest BCUT2D eigenvalue weighted by Gasteiger charge is 2.07. The summed E-state index contributed by atoms with van der Waals surface area (Å²) in [4.78, 5) is 24.3. The Balaban J connectivity index is 2.06. The third kappa shape index (κ3) is 8.72. The maximum Gasteiger partial charge on any atom is 0.250 e. The fourth-order valence-corrected chi connectivity index (χ4v) is 2.69. The summed E-state index contributed by atoms with van der Waals surface area (Å²) in [6.45, 7) is 0. The number of halogens is 2. The van der Waals surface area contributed by atoms with E-state index in [1.165, 1.54) is 12.2 Å². The first kappa shape index (κ1) is 22.9. The van der Waals surface area contributed by atoms with Gasteiger partial charge in [-0.15, -0.1) is 10.2 Å². The van der Waals surface area contributed by atoms with Crippen LogP contribution in [0.4, 0.5) is 0 Å². The van der Waals surface area contributed by atoms with E-state index < -0.39 is 11.8 Å². The normalized spacial score (nSPS) is 11.5. The van der Waals surface area contributed by atoms with Crippen LogP contribution in [-0.4, -0.2) is 23.7 Å². The number of hydrogen-bond donors (Lipinski definition) is 4. The molecule has 0 spiro atoms. The molecule has 2 aromatic rings. The van der Waals surface area contributed by atoms with Gasteiger partial charge in [-0.1, -0.05) is 51.8 Å². The lowest BCUT2D eigenvalue weighted by Crippen LogP contribution is -2.42. The number of carbonyl (C=O) groups is 2. The van der Waals surface area contributed by atoms with Gasteiger partial charge in [-0.2, -0.15) is 0 Å². The van der Waals surface area contributed by atoms with Crippen molar-refractivity contribution >= 4 is 63.4 Å². The van der Waals surface area contributed by atoms with Gasteiger partial charge in [-0.05, 0) is 47.5 Å². The van der Waals surface area contributed by atoms with Crippen LogP contribution in [0.3, 0.4) is 0 Å². The van der Waals surface area contributed by atoms with Gasteiger partial charge in [0, 0.05) is 21.6 Å². The number of nitrogens with zero attached hydrogens (tertiary/aromatic N) is 2. The van der Waals surface area contributed by atoms with Crippen LogP contribution in [0.25, 0.3) is 12.2 Å². The van der Waals surface area contributed by atoms with Gasteiger partial charge >= 0.3 is 0 Å². The summed E-state index contributed by atoms with van der Waals surface area (Å²) in [6.07, 6.45) is 5.68. The lowest BCUT2D eigenvalue weighted by Gasteiger charge is -2.06. The lowest BCUT2D eigenvalue weighted by molar-refractivity contribution is -0.115. The second-order valence-electron chi connectivity index (χ2n) is 5.73. The number of nitrogens with one attached hydrogen (secondary N) is 2. The average molecular weight is 490 g/mol. The van der Waals surface area contributed by atoms with Gasteiger partial charge in [-0.3, -0.25) is 20.2 Å². The molecule has 0 heterocycles. The Morgan fingerprint density at radius 2 is 1.47 bits per heavy atom. The number of amides is 2. The van der Waals surface area contributed by atoms with Crippen LogP contribution in [0.1, 0.15) is 11.1 Å². The summed E-state index contributed by atoms with van der Waals surface area (Å²) in [5.41, 5.74) is 12.0. The van der Waals surface area contributed by atoms with Crippen molar-refractivity contribution in [2.45, 2.75) is 0 Å². The molecular weight excluding hydrogens is 472 g/mol. The van der Waals surface area contributed by atoms with Gasteiger partial charge in [0.25, 0.3) is 11.8 Å². The molecule has 0 aliphatic carbocycles. The Morgan fingerprint density at radius 3 is 2.00 bits per heavy atom. The minimum atomic E-state index is -0.559. The molecule has 0 bridgehead atoms. The van der Waals surface area contributed by atoms with Gasteiger partial charge in [0.05, 0.1) is 0 Å². The van der Waals surface area contributed by atoms with E-state index in [1.807, 2.05) is 24.3 Å². The molecule has 0 atom stereocenters. The Hall–Kier alpha value is -3.43. The summed E-state index contributed by atoms with van der Waals surface area (Å²) in [5, 5.41) is 12.4. The number of carbonyl (C=O) groups excluding carboxylic acids is 2. The van der Waals surface area contributed by atoms with E-state index in [2.05, 4.69) is 36.8 Å². The van der Waals surface area contributed by atoms with Crippen LogP contribution in [0.5, 0.6) is 0 Å². The quantitative estimate of drug-likeness (QED) is 0.222. The van der Waals surface area contributed by atoms with Crippen molar-refractivity contribution in [2.24, 2.45) is 21.7 Å². The molecule has 0 saturated heterocycles. The van der Waals surface area contributed by atoms with Gasteiger partial charge in [0.2, 0.25) is 11.9 Å². The fourth-order valence-electron chi connectivity index (χ4n) is 2.07. The third-order valence-corrected chi connectivity index (χ3v) is 4.03. The van der Waals surface area contributed by atoms with Crippen molar-refractivity contribution in [2.75, 3.05) is 0 Å². The van der Waals surface area contributed by atoms with Crippen molar-refractivity contribution in [3.63, 3.8) is 0 Å². The highest BCUT2D eigenvalue weighted by molar-refractivity contribution is 9.10. The Kier molecular flexibility index (Phi) is 8.79. The van der Waals surface area contributed by atoms with E-state index in [4.69, 9.17) is 23.1 Å².